The Labute approximate surface area is 213 Å². The molecule has 1 aliphatic carbocycles. The van der Waals surface area contributed by atoms with Crippen molar-refractivity contribution in [2.45, 2.75) is 50.3 Å². The lowest BCUT2D eigenvalue weighted by atomic mass is 9.97. The lowest BCUT2D eigenvalue weighted by molar-refractivity contribution is -0.113. The average molecular weight is 486 g/mol. The highest BCUT2D eigenvalue weighted by atomic mass is 16.5. The molecule has 3 aromatic rings. The number of methoxy groups -OCH3 is 1. The smallest absolute Gasteiger partial charge is 0.163 e. The normalized spacial score (nSPS) is 19.7. The molecule has 0 amide bonds. The molecule has 6 heteroatoms. The summed E-state index contributed by atoms with van der Waals surface area (Å²) in [5, 5.41) is 0. The van der Waals surface area contributed by atoms with Crippen LogP contribution in [0.3, 0.4) is 0 Å². The summed E-state index contributed by atoms with van der Waals surface area (Å²) in [6.07, 6.45) is 10.4. The van der Waals surface area contributed by atoms with E-state index in [2.05, 4.69) is 51.2 Å². The van der Waals surface area contributed by atoms with Crippen LogP contribution in [0.5, 0.6) is 11.5 Å². The molecule has 5 rings (SSSR count). The van der Waals surface area contributed by atoms with E-state index in [1.54, 1.807) is 19.5 Å². The number of carbonyl (C=O) groups excluding carboxylic acids is 1. The van der Waals surface area contributed by atoms with Crippen molar-refractivity contribution in [2.75, 3.05) is 31.6 Å². The SMILES string of the molecule is COc1ccc(N2CCN([C@H](C=O)c3cccnc3)C(Cc3ccccc3)C2)cc1OC1CCCC1. The van der Waals surface area contributed by atoms with Gasteiger partial charge < -0.3 is 19.2 Å². The van der Waals surface area contributed by atoms with E-state index >= 15 is 0 Å². The number of hydrogen-bond donors (Lipinski definition) is 0. The van der Waals surface area contributed by atoms with Gasteiger partial charge in [-0.1, -0.05) is 36.4 Å². The quantitative estimate of drug-likeness (QED) is 0.394. The number of pyridine rings is 1. The second kappa shape index (κ2) is 11.6. The number of nitrogens with zero attached hydrogens (tertiary/aromatic N) is 3. The Balaban J connectivity index is 1.40. The third-order valence-electron chi connectivity index (χ3n) is 7.46. The summed E-state index contributed by atoms with van der Waals surface area (Å²) in [7, 11) is 1.70. The average Bonchev–Trinajstić information content (AvgIpc) is 3.44. The molecule has 1 aliphatic heterocycles. The highest BCUT2D eigenvalue weighted by Crippen LogP contribution is 2.36. The Morgan fingerprint density at radius 3 is 2.58 bits per heavy atom. The lowest BCUT2D eigenvalue weighted by Gasteiger charge is -2.45. The van der Waals surface area contributed by atoms with Crippen LogP contribution in [0.4, 0.5) is 5.69 Å². The van der Waals surface area contributed by atoms with Gasteiger partial charge in [0.15, 0.2) is 11.5 Å². The van der Waals surface area contributed by atoms with Crippen LogP contribution in [0.1, 0.15) is 42.9 Å². The van der Waals surface area contributed by atoms with Gasteiger partial charge in [0.2, 0.25) is 0 Å². The molecule has 36 heavy (non-hydrogen) atoms. The van der Waals surface area contributed by atoms with Gasteiger partial charge >= 0.3 is 0 Å². The molecule has 188 valence electrons. The van der Waals surface area contributed by atoms with Crippen molar-refractivity contribution in [2.24, 2.45) is 0 Å². The zero-order valence-electron chi connectivity index (χ0n) is 21.0. The third kappa shape index (κ3) is 5.54. The minimum Gasteiger partial charge on any atom is -0.493 e. The highest BCUT2D eigenvalue weighted by Gasteiger charge is 2.33. The Morgan fingerprint density at radius 2 is 1.86 bits per heavy atom. The monoisotopic (exact) mass is 485 g/mol. The molecule has 2 aliphatic rings. The van der Waals surface area contributed by atoms with Crippen LogP contribution in [0, 0.1) is 0 Å². The van der Waals surface area contributed by atoms with Gasteiger partial charge in [-0.2, -0.15) is 0 Å². The molecule has 0 N–H and O–H groups in total. The van der Waals surface area contributed by atoms with Crippen LogP contribution in [0.25, 0.3) is 0 Å². The van der Waals surface area contributed by atoms with E-state index in [9.17, 15) is 4.79 Å². The van der Waals surface area contributed by atoms with E-state index in [0.29, 0.717) is 0 Å². The van der Waals surface area contributed by atoms with E-state index in [1.165, 1.54) is 18.4 Å². The third-order valence-corrected chi connectivity index (χ3v) is 7.46. The molecule has 1 aromatic heterocycles. The molecule has 2 atom stereocenters. The first kappa shape index (κ1) is 24.3. The summed E-state index contributed by atoms with van der Waals surface area (Å²) in [4.78, 5) is 21.3. The molecule has 1 saturated carbocycles. The first-order chi connectivity index (χ1) is 17.7. The first-order valence-electron chi connectivity index (χ1n) is 13.0. The predicted molar refractivity (Wildman–Crippen MR) is 142 cm³/mol. The molecule has 1 saturated heterocycles. The number of aldehydes is 1. The van der Waals surface area contributed by atoms with Crippen LogP contribution in [-0.4, -0.2) is 55.1 Å². The zero-order valence-corrected chi connectivity index (χ0v) is 21.0. The fourth-order valence-electron chi connectivity index (χ4n) is 5.58. The molecule has 0 spiro atoms. The number of anilines is 1. The van der Waals surface area contributed by atoms with Gasteiger partial charge in [0.25, 0.3) is 0 Å². The first-order valence-corrected chi connectivity index (χ1v) is 13.0. The fourth-order valence-corrected chi connectivity index (χ4v) is 5.58. The maximum absolute atomic E-state index is 12.3. The summed E-state index contributed by atoms with van der Waals surface area (Å²) >= 11 is 0. The van der Waals surface area contributed by atoms with Gasteiger partial charge in [0, 0.05) is 49.8 Å². The van der Waals surface area contributed by atoms with Gasteiger partial charge in [-0.05, 0) is 61.4 Å². The highest BCUT2D eigenvalue weighted by molar-refractivity contribution is 5.62. The molecular formula is C30H35N3O3. The molecule has 0 bridgehead atoms. The molecule has 6 nitrogen and oxygen atoms in total. The van der Waals surface area contributed by atoms with Crippen molar-refractivity contribution < 1.29 is 14.3 Å². The van der Waals surface area contributed by atoms with E-state index in [1.807, 2.05) is 24.3 Å². The molecule has 0 radical (unpaired) electrons. The van der Waals surface area contributed by atoms with E-state index < -0.39 is 0 Å². The Bertz CT molecular complexity index is 1120. The van der Waals surface area contributed by atoms with Crippen LogP contribution in [0.2, 0.25) is 0 Å². The van der Waals surface area contributed by atoms with Crippen molar-refractivity contribution in [1.82, 2.24) is 9.88 Å². The minimum absolute atomic E-state index is 0.165. The van der Waals surface area contributed by atoms with Crippen LogP contribution in [0.15, 0.2) is 73.1 Å². The zero-order chi connectivity index (χ0) is 24.7. The maximum atomic E-state index is 12.3. The molecule has 1 unspecified atom stereocenters. The van der Waals surface area contributed by atoms with Crippen LogP contribution < -0.4 is 14.4 Å². The van der Waals surface area contributed by atoms with Crippen molar-refractivity contribution in [3.63, 3.8) is 0 Å². The Hall–Kier alpha value is -3.38. The summed E-state index contributed by atoms with van der Waals surface area (Å²) < 4.78 is 12.0. The summed E-state index contributed by atoms with van der Waals surface area (Å²) in [6.45, 7) is 2.42. The van der Waals surface area contributed by atoms with E-state index in [4.69, 9.17) is 9.47 Å². The summed E-state index contributed by atoms with van der Waals surface area (Å²) in [5.74, 6) is 1.60. The molecule has 2 aromatic carbocycles. The minimum atomic E-state index is -0.313. The van der Waals surface area contributed by atoms with E-state index in [-0.39, 0.29) is 18.2 Å². The summed E-state index contributed by atoms with van der Waals surface area (Å²) in [5.41, 5.74) is 3.34. The van der Waals surface area contributed by atoms with Gasteiger partial charge in [-0.15, -0.1) is 0 Å². The van der Waals surface area contributed by atoms with E-state index in [0.717, 1.165) is 67.9 Å². The largest absolute Gasteiger partial charge is 0.493 e. The molecule has 2 heterocycles. The second-order valence-corrected chi connectivity index (χ2v) is 9.75. The van der Waals surface area contributed by atoms with Crippen LogP contribution in [-0.2, 0) is 11.2 Å². The summed E-state index contributed by atoms with van der Waals surface area (Å²) in [6, 6.07) is 20.5. The molecular weight excluding hydrogens is 450 g/mol. The topological polar surface area (TPSA) is 54.9 Å². The van der Waals surface area contributed by atoms with Gasteiger partial charge in [-0.25, -0.2) is 0 Å². The predicted octanol–water partition coefficient (Wildman–Crippen LogP) is 5.09. The number of rotatable bonds is 9. The van der Waals surface area contributed by atoms with Crippen molar-refractivity contribution in [1.29, 1.82) is 0 Å². The fraction of sp³-hybridized carbons (Fsp3) is 0.400. The van der Waals surface area contributed by atoms with Gasteiger partial charge in [0.1, 0.15) is 6.29 Å². The van der Waals surface area contributed by atoms with Crippen molar-refractivity contribution in [3.05, 3.63) is 84.2 Å². The van der Waals surface area contributed by atoms with Crippen molar-refractivity contribution >= 4 is 12.0 Å². The van der Waals surface area contributed by atoms with Crippen LogP contribution >= 0.6 is 0 Å². The van der Waals surface area contributed by atoms with Crippen molar-refractivity contribution in [3.8, 4) is 11.5 Å². The number of aromatic nitrogens is 1. The van der Waals surface area contributed by atoms with Gasteiger partial charge in [-0.3, -0.25) is 9.88 Å². The van der Waals surface area contributed by atoms with Gasteiger partial charge in [0.05, 0.1) is 19.3 Å². The number of ether oxygens (including phenoxy) is 2. The maximum Gasteiger partial charge on any atom is 0.163 e. The standard InChI is InChI=1S/C30H35N3O3/c1-35-29-14-13-25(19-30(29)36-27-11-5-6-12-27)32-16-17-33(28(22-34)24-10-7-15-31-20-24)26(21-32)18-23-8-3-2-4-9-23/h2-4,7-10,13-15,19-20,22,26-28H,5-6,11-12,16-18,21H2,1H3/t26?,28-/m1/s1. The lowest BCUT2D eigenvalue weighted by Crippen LogP contribution is -2.55. The number of benzene rings is 2. The Morgan fingerprint density at radius 1 is 1.03 bits per heavy atom. The number of carbonyl (C=O) groups is 1. The second-order valence-electron chi connectivity index (χ2n) is 9.75. The molecule has 2 fully saturated rings. The Kier molecular flexibility index (Phi) is 7.82. The number of hydrogen-bond acceptors (Lipinski definition) is 6. The number of piperazine rings is 1.